The minimum atomic E-state index is 0.0996. The summed E-state index contributed by atoms with van der Waals surface area (Å²) in [5.74, 6) is 0.0996. The van der Waals surface area contributed by atoms with Crippen LogP contribution in [0.5, 0.6) is 0 Å². The van der Waals surface area contributed by atoms with Crippen molar-refractivity contribution in [3.8, 4) is 10.4 Å². The zero-order valence-electron chi connectivity index (χ0n) is 10.6. The van der Waals surface area contributed by atoms with Gasteiger partial charge in [0, 0.05) is 29.2 Å². The second kappa shape index (κ2) is 5.05. The summed E-state index contributed by atoms with van der Waals surface area (Å²) < 4.78 is 0. The molecular weight excluding hydrogens is 256 g/mol. The van der Waals surface area contributed by atoms with Gasteiger partial charge in [0.25, 0.3) is 5.91 Å². The Labute approximate surface area is 116 Å². The highest BCUT2D eigenvalue weighted by Gasteiger charge is 2.20. The molecule has 1 aliphatic rings. The summed E-state index contributed by atoms with van der Waals surface area (Å²) in [5, 5.41) is 2.03. The van der Waals surface area contributed by atoms with Crippen LogP contribution >= 0.6 is 11.3 Å². The minimum absolute atomic E-state index is 0.0996. The Morgan fingerprint density at radius 3 is 2.68 bits per heavy atom. The molecule has 98 valence electrons. The third-order valence-corrected chi connectivity index (χ3v) is 4.32. The van der Waals surface area contributed by atoms with Crippen LogP contribution in [-0.4, -0.2) is 23.9 Å². The Kier molecular flexibility index (Phi) is 3.25. The topological polar surface area (TPSA) is 46.3 Å². The fraction of sp³-hybridized carbons (Fsp3) is 0.267. The number of nitrogens with zero attached hydrogens (tertiary/aromatic N) is 1. The van der Waals surface area contributed by atoms with E-state index in [1.54, 1.807) is 17.4 Å². The van der Waals surface area contributed by atoms with E-state index in [9.17, 15) is 4.79 Å². The normalized spacial score (nSPS) is 14.8. The van der Waals surface area contributed by atoms with Gasteiger partial charge >= 0.3 is 0 Å². The molecule has 1 amide bonds. The lowest BCUT2D eigenvalue weighted by molar-refractivity contribution is 0.0793. The summed E-state index contributed by atoms with van der Waals surface area (Å²) in [6, 6.07) is 9.70. The van der Waals surface area contributed by atoms with Crippen LogP contribution < -0.4 is 5.73 Å². The van der Waals surface area contributed by atoms with Crippen molar-refractivity contribution in [1.82, 2.24) is 4.90 Å². The molecule has 0 radical (unpaired) electrons. The molecule has 1 aromatic heterocycles. The van der Waals surface area contributed by atoms with Crippen molar-refractivity contribution in [2.24, 2.45) is 0 Å². The number of nitrogen functional groups attached to an aromatic ring is 1. The summed E-state index contributed by atoms with van der Waals surface area (Å²) in [6.07, 6.45) is 2.21. The van der Waals surface area contributed by atoms with Gasteiger partial charge in [-0.15, -0.1) is 11.3 Å². The van der Waals surface area contributed by atoms with Gasteiger partial charge in [-0.3, -0.25) is 4.79 Å². The maximum atomic E-state index is 12.4. The first-order chi connectivity index (χ1) is 9.24. The number of nitrogens with two attached hydrogens (primary N) is 1. The molecule has 0 saturated carbocycles. The van der Waals surface area contributed by atoms with Gasteiger partial charge in [0.15, 0.2) is 0 Å². The molecule has 4 heteroatoms. The number of carbonyl (C=O) groups excluding carboxylic acids is 1. The van der Waals surface area contributed by atoms with Gasteiger partial charge in [-0.05, 0) is 48.1 Å². The van der Waals surface area contributed by atoms with Crippen molar-refractivity contribution < 1.29 is 4.79 Å². The van der Waals surface area contributed by atoms with Crippen LogP contribution in [0.2, 0.25) is 0 Å². The highest BCUT2D eigenvalue weighted by molar-refractivity contribution is 7.13. The molecule has 2 aromatic rings. The molecular formula is C15H16N2OS. The Morgan fingerprint density at radius 2 is 2.00 bits per heavy atom. The monoisotopic (exact) mass is 272 g/mol. The first-order valence-corrected chi connectivity index (χ1v) is 7.36. The molecule has 19 heavy (non-hydrogen) atoms. The molecule has 0 spiro atoms. The Bertz CT molecular complexity index is 586. The van der Waals surface area contributed by atoms with Gasteiger partial charge < -0.3 is 10.6 Å². The number of rotatable bonds is 2. The molecule has 0 aliphatic carbocycles. The highest BCUT2D eigenvalue weighted by Crippen LogP contribution is 2.28. The summed E-state index contributed by atoms with van der Waals surface area (Å²) in [4.78, 5) is 15.4. The molecule has 0 bridgehead atoms. The summed E-state index contributed by atoms with van der Waals surface area (Å²) in [7, 11) is 0. The zero-order valence-corrected chi connectivity index (χ0v) is 11.5. The summed E-state index contributed by atoms with van der Waals surface area (Å²) in [5.41, 5.74) is 8.31. The predicted molar refractivity (Wildman–Crippen MR) is 79.3 cm³/mol. The van der Waals surface area contributed by atoms with E-state index in [-0.39, 0.29) is 5.91 Å². The second-order valence-corrected chi connectivity index (χ2v) is 5.77. The first-order valence-electron chi connectivity index (χ1n) is 6.48. The lowest BCUT2D eigenvalue weighted by Gasteiger charge is -2.16. The maximum Gasteiger partial charge on any atom is 0.253 e. The van der Waals surface area contributed by atoms with Crippen LogP contribution in [0, 0.1) is 0 Å². The average Bonchev–Trinajstić information content (AvgIpc) is 3.10. The van der Waals surface area contributed by atoms with E-state index >= 15 is 0 Å². The highest BCUT2D eigenvalue weighted by atomic mass is 32.1. The van der Waals surface area contributed by atoms with Crippen LogP contribution in [-0.2, 0) is 0 Å². The standard InChI is InChI=1S/C15H16N2OS/c16-13-9-11(14-4-3-7-19-14)8-12(10-13)15(18)17-5-1-2-6-17/h3-4,7-10H,1-2,5-6,16H2. The lowest BCUT2D eigenvalue weighted by atomic mass is 10.1. The molecule has 2 N–H and O–H groups in total. The van der Waals surface area contributed by atoms with E-state index in [0.717, 1.165) is 36.4 Å². The molecule has 3 rings (SSSR count). The third-order valence-electron chi connectivity index (χ3n) is 3.40. The molecule has 1 aromatic carbocycles. The minimum Gasteiger partial charge on any atom is -0.399 e. The van der Waals surface area contributed by atoms with Gasteiger partial charge in [-0.2, -0.15) is 0 Å². The fourth-order valence-corrected chi connectivity index (χ4v) is 3.18. The molecule has 1 aliphatic heterocycles. The van der Waals surface area contributed by atoms with Crippen LogP contribution in [0.15, 0.2) is 35.7 Å². The van der Waals surface area contributed by atoms with Crippen molar-refractivity contribution >= 4 is 22.9 Å². The molecule has 1 fully saturated rings. The van der Waals surface area contributed by atoms with Crippen molar-refractivity contribution in [2.45, 2.75) is 12.8 Å². The van der Waals surface area contributed by atoms with Crippen molar-refractivity contribution in [1.29, 1.82) is 0 Å². The molecule has 2 heterocycles. The third kappa shape index (κ3) is 2.49. The number of amides is 1. The van der Waals surface area contributed by atoms with Gasteiger partial charge in [0.1, 0.15) is 0 Å². The number of hydrogen-bond donors (Lipinski definition) is 1. The molecule has 1 saturated heterocycles. The van der Waals surface area contributed by atoms with Gasteiger partial charge in [-0.25, -0.2) is 0 Å². The van der Waals surface area contributed by atoms with Gasteiger partial charge in [0.05, 0.1) is 0 Å². The van der Waals surface area contributed by atoms with Crippen molar-refractivity contribution in [3.05, 3.63) is 41.3 Å². The first kappa shape index (κ1) is 12.2. The summed E-state index contributed by atoms with van der Waals surface area (Å²) in [6.45, 7) is 1.73. The average molecular weight is 272 g/mol. The summed E-state index contributed by atoms with van der Waals surface area (Å²) >= 11 is 1.66. The van der Waals surface area contributed by atoms with E-state index in [2.05, 4.69) is 0 Å². The fourth-order valence-electron chi connectivity index (χ4n) is 2.46. The quantitative estimate of drug-likeness (QED) is 0.853. The van der Waals surface area contributed by atoms with E-state index in [1.165, 1.54) is 0 Å². The van der Waals surface area contributed by atoms with Crippen LogP contribution in [0.25, 0.3) is 10.4 Å². The van der Waals surface area contributed by atoms with Crippen molar-refractivity contribution in [2.75, 3.05) is 18.8 Å². The number of anilines is 1. The van der Waals surface area contributed by atoms with Gasteiger partial charge in [0.2, 0.25) is 0 Å². The smallest absolute Gasteiger partial charge is 0.253 e. The number of likely N-dealkylation sites (tertiary alicyclic amines) is 1. The number of carbonyl (C=O) groups is 1. The van der Waals surface area contributed by atoms with E-state index in [4.69, 9.17) is 5.73 Å². The molecule has 0 atom stereocenters. The maximum absolute atomic E-state index is 12.4. The predicted octanol–water partition coefficient (Wildman–Crippen LogP) is 3.23. The number of thiophene rings is 1. The largest absolute Gasteiger partial charge is 0.399 e. The van der Waals surface area contributed by atoms with Gasteiger partial charge in [-0.1, -0.05) is 6.07 Å². The lowest BCUT2D eigenvalue weighted by Crippen LogP contribution is -2.27. The van der Waals surface area contributed by atoms with E-state index in [0.29, 0.717) is 11.3 Å². The molecule has 3 nitrogen and oxygen atoms in total. The zero-order chi connectivity index (χ0) is 13.2. The van der Waals surface area contributed by atoms with E-state index in [1.807, 2.05) is 34.5 Å². The molecule has 0 unspecified atom stereocenters. The Morgan fingerprint density at radius 1 is 1.21 bits per heavy atom. The van der Waals surface area contributed by atoms with Crippen LogP contribution in [0.1, 0.15) is 23.2 Å². The number of hydrogen-bond acceptors (Lipinski definition) is 3. The van der Waals surface area contributed by atoms with Crippen LogP contribution in [0.4, 0.5) is 5.69 Å². The van der Waals surface area contributed by atoms with E-state index < -0.39 is 0 Å². The Hall–Kier alpha value is -1.81. The van der Waals surface area contributed by atoms with Crippen LogP contribution in [0.3, 0.4) is 0 Å². The second-order valence-electron chi connectivity index (χ2n) is 4.82. The Balaban J connectivity index is 1.95. The SMILES string of the molecule is Nc1cc(C(=O)N2CCCC2)cc(-c2cccs2)c1. The number of benzene rings is 1. The van der Waals surface area contributed by atoms with Crippen molar-refractivity contribution in [3.63, 3.8) is 0 Å².